The highest BCUT2D eigenvalue weighted by atomic mass is 16.5. The summed E-state index contributed by atoms with van der Waals surface area (Å²) in [7, 11) is 1.63. The standard InChI is InChI=1S/C14H24N4O/c1-4-11-5-6-18(12(7-11)9-15)13-8-14(19-3)17-10(2)16-13/h8,11-12H,4-7,9,15H2,1-3H3. The molecule has 0 amide bonds. The number of ether oxygens (including phenoxy) is 1. The van der Waals surface area contributed by atoms with Gasteiger partial charge in [-0.1, -0.05) is 13.3 Å². The van der Waals surface area contributed by atoms with Crippen LogP contribution in [0.15, 0.2) is 6.07 Å². The number of hydrogen-bond donors (Lipinski definition) is 1. The topological polar surface area (TPSA) is 64.3 Å². The summed E-state index contributed by atoms with van der Waals surface area (Å²) >= 11 is 0. The largest absolute Gasteiger partial charge is 0.481 e. The van der Waals surface area contributed by atoms with Crippen LogP contribution >= 0.6 is 0 Å². The second kappa shape index (κ2) is 6.19. The van der Waals surface area contributed by atoms with Crippen LogP contribution in [0.2, 0.25) is 0 Å². The molecule has 0 aliphatic carbocycles. The third-order valence-corrected chi connectivity index (χ3v) is 3.98. The molecular formula is C14H24N4O. The van der Waals surface area contributed by atoms with Gasteiger partial charge in [0.25, 0.3) is 0 Å². The van der Waals surface area contributed by atoms with Crippen molar-refractivity contribution >= 4 is 5.82 Å². The summed E-state index contributed by atoms with van der Waals surface area (Å²) in [5.41, 5.74) is 5.94. The molecule has 2 rings (SSSR count). The first-order valence-corrected chi connectivity index (χ1v) is 7.04. The molecule has 2 heterocycles. The number of aromatic nitrogens is 2. The van der Waals surface area contributed by atoms with Crippen LogP contribution in [0.1, 0.15) is 32.0 Å². The monoisotopic (exact) mass is 264 g/mol. The van der Waals surface area contributed by atoms with Crippen LogP contribution < -0.4 is 15.4 Å². The average molecular weight is 264 g/mol. The Morgan fingerprint density at radius 3 is 2.89 bits per heavy atom. The van der Waals surface area contributed by atoms with Crippen molar-refractivity contribution in [1.82, 2.24) is 9.97 Å². The summed E-state index contributed by atoms with van der Waals surface area (Å²) in [6, 6.07) is 2.28. The summed E-state index contributed by atoms with van der Waals surface area (Å²) < 4.78 is 5.23. The van der Waals surface area contributed by atoms with Crippen molar-refractivity contribution in [2.24, 2.45) is 11.7 Å². The summed E-state index contributed by atoms with van der Waals surface area (Å²) in [6.07, 6.45) is 3.59. The third kappa shape index (κ3) is 3.15. The van der Waals surface area contributed by atoms with Crippen molar-refractivity contribution < 1.29 is 4.74 Å². The van der Waals surface area contributed by atoms with Gasteiger partial charge < -0.3 is 15.4 Å². The van der Waals surface area contributed by atoms with E-state index in [4.69, 9.17) is 10.5 Å². The normalized spacial score (nSPS) is 23.5. The Morgan fingerprint density at radius 2 is 2.26 bits per heavy atom. The first-order chi connectivity index (χ1) is 9.17. The summed E-state index contributed by atoms with van der Waals surface area (Å²) in [4.78, 5) is 11.1. The van der Waals surface area contributed by atoms with Crippen molar-refractivity contribution in [2.45, 2.75) is 39.2 Å². The zero-order valence-corrected chi connectivity index (χ0v) is 12.1. The summed E-state index contributed by atoms with van der Waals surface area (Å²) in [5, 5.41) is 0. The fourth-order valence-electron chi connectivity index (χ4n) is 2.81. The number of hydrogen-bond acceptors (Lipinski definition) is 5. The van der Waals surface area contributed by atoms with Crippen molar-refractivity contribution in [3.05, 3.63) is 11.9 Å². The Kier molecular flexibility index (Phi) is 4.58. The molecular weight excluding hydrogens is 240 g/mol. The molecule has 1 aromatic rings. The van der Waals surface area contributed by atoms with E-state index >= 15 is 0 Å². The first kappa shape index (κ1) is 14.1. The van der Waals surface area contributed by atoms with Crippen LogP contribution in [0, 0.1) is 12.8 Å². The molecule has 2 unspecified atom stereocenters. The molecule has 0 aromatic carbocycles. The molecule has 1 fully saturated rings. The SMILES string of the molecule is CCC1CCN(c2cc(OC)nc(C)n2)C(CN)C1. The molecule has 1 aliphatic rings. The molecule has 5 nitrogen and oxygen atoms in total. The highest BCUT2D eigenvalue weighted by Gasteiger charge is 2.28. The lowest BCUT2D eigenvalue weighted by Crippen LogP contribution is -2.47. The van der Waals surface area contributed by atoms with Crippen molar-refractivity contribution in [1.29, 1.82) is 0 Å². The highest BCUT2D eigenvalue weighted by Crippen LogP contribution is 2.29. The molecule has 5 heteroatoms. The lowest BCUT2D eigenvalue weighted by Gasteiger charge is -2.39. The van der Waals surface area contributed by atoms with Crippen molar-refractivity contribution in [2.75, 3.05) is 25.1 Å². The van der Waals surface area contributed by atoms with E-state index in [-0.39, 0.29) is 0 Å². The number of nitrogens with zero attached hydrogens (tertiary/aromatic N) is 3. The van der Waals surface area contributed by atoms with E-state index < -0.39 is 0 Å². The number of piperidine rings is 1. The Hall–Kier alpha value is -1.36. The van der Waals surface area contributed by atoms with Crippen molar-refractivity contribution in [3.63, 3.8) is 0 Å². The summed E-state index contributed by atoms with van der Waals surface area (Å²) in [6.45, 7) is 5.83. The quantitative estimate of drug-likeness (QED) is 0.897. The van der Waals surface area contributed by atoms with Gasteiger partial charge in [-0.15, -0.1) is 0 Å². The Bertz CT molecular complexity index is 424. The highest BCUT2D eigenvalue weighted by molar-refractivity contribution is 5.43. The molecule has 0 spiro atoms. The average Bonchev–Trinajstić information content (AvgIpc) is 2.45. The van der Waals surface area contributed by atoms with Gasteiger partial charge in [-0.25, -0.2) is 4.98 Å². The van der Waals surface area contributed by atoms with Crippen LogP contribution in [0.3, 0.4) is 0 Å². The van der Waals surface area contributed by atoms with E-state index in [0.29, 0.717) is 18.5 Å². The van der Waals surface area contributed by atoms with Gasteiger partial charge in [0.15, 0.2) is 0 Å². The predicted octanol–water partition coefficient (Wildman–Crippen LogP) is 1.75. The van der Waals surface area contributed by atoms with Crippen LogP contribution in [-0.2, 0) is 0 Å². The molecule has 106 valence electrons. The number of rotatable bonds is 4. The minimum Gasteiger partial charge on any atom is -0.481 e. The van der Waals surface area contributed by atoms with Gasteiger partial charge in [0.2, 0.25) is 5.88 Å². The smallest absolute Gasteiger partial charge is 0.218 e. The van der Waals surface area contributed by atoms with Crippen LogP contribution in [-0.4, -0.2) is 36.2 Å². The minimum absolute atomic E-state index is 0.373. The number of anilines is 1. The third-order valence-electron chi connectivity index (χ3n) is 3.98. The van der Waals surface area contributed by atoms with E-state index in [1.165, 1.54) is 12.8 Å². The summed E-state index contributed by atoms with van der Waals surface area (Å²) in [5.74, 6) is 3.09. The Labute approximate surface area is 115 Å². The first-order valence-electron chi connectivity index (χ1n) is 7.04. The predicted molar refractivity (Wildman–Crippen MR) is 76.5 cm³/mol. The van der Waals surface area contributed by atoms with Gasteiger partial charge in [-0.3, -0.25) is 0 Å². The lowest BCUT2D eigenvalue weighted by atomic mass is 9.89. The number of methoxy groups -OCH3 is 1. The number of aryl methyl sites for hydroxylation is 1. The van der Waals surface area contributed by atoms with Crippen LogP contribution in [0.25, 0.3) is 0 Å². The van der Waals surface area contributed by atoms with E-state index in [1.807, 2.05) is 13.0 Å². The zero-order chi connectivity index (χ0) is 13.8. The molecule has 19 heavy (non-hydrogen) atoms. The van der Waals surface area contributed by atoms with E-state index in [0.717, 1.165) is 30.5 Å². The van der Waals surface area contributed by atoms with E-state index in [1.54, 1.807) is 7.11 Å². The van der Waals surface area contributed by atoms with Crippen LogP contribution in [0.5, 0.6) is 5.88 Å². The van der Waals surface area contributed by atoms with E-state index in [9.17, 15) is 0 Å². The van der Waals surface area contributed by atoms with Crippen molar-refractivity contribution in [3.8, 4) is 5.88 Å². The van der Waals surface area contributed by atoms with Gasteiger partial charge in [0, 0.05) is 25.2 Å². The maximum absolute atomic E-state index is 5.94. The second-order valence-electron chi connectivity index (χ2n) is 5.20. The molecule has 2 N–H and O–H groups in total. The molecule has 2 atom stereocenters. The van der Waals surface area contributed by atoms with Gasteiger partial charge in [0.05, 0.1) is 7.11 Å². The molecule has 1 aliphatic heterocycles. The molecule has 0 radical (unpaired) electrons. The zero-order valence-electron chi connectivity index (χ0n) is 12.1. The lowest BCUT2D eigenvalue weighted by molar-refractivity contribution is 0.333. The molecule has 0 bridgehead atoms. The van der Waals surface area contributed by atoms with Gasteiger partial charge in [-0.05, 0) is 25.7 Å². The van der Waals surface area contributed by atoms with Crippen LogP contribution in [0.4, 0.5) is 5.82 Å². The van der Waals surface area contributed by atoms with E-state index in [2.05, 4.69) is 21.8 Å². The fourth-order valence-corrected chi connectivity index (χ4v) is 2.81. The van der Waals surface area contributed by atoms with Gasteiger partial charge in [-0.2, -0.15) is 4.98 Å². The Balaban J connectivity index is 2.22. The van der Waals surface area contributed by atoms with Gasteiger partial charge in [0.1, 0.15) is 11.6 Å². The Morgan fingerprint density at radius 1 is 1.47 bits per heavy atom. The maximum atomic E-state index is 5.94. The molecule has 0 saturated carbocycles. The number of nitrogens with two attached hydrogens (primary N) is 1. The fraction of sp³-hybridized carbons (Fsp3) is 0.714. The van der Waals surface area contributed by atoms with Gasteiger partial charge >= 0.3 is 0 Å². The molecule has 1 aromatic heterocycles. The molecule has 1 saturated heterocycles. The minimum atomic E-state index is 0.373. The second-order valence-corrected chi connectivity index (χ2v) is 5.20. The maximum Gasteiger partial charge on any atom is 0.218 e.